The Morgan fingerprint density at radius 2 is 1.64 bits per heavy atom. The lowest BCUT2D eigenvalue weighted by atomic mass is 10.1. The summed E-state index contributed by atoms with van der Waals surface area (Å²) in [5.41, 5.74) is 0. The molecule has 1 fully saturated rings. The zero-order chi connectivity index (χ0) is 16.9. The van der Waals surface area contributed by atoms with Crippen LogP contribution in [0.3, 0.4) is 0 Å². The summed E-state index contributed by atoms with van der Waals surface area (Å²) in [5, 5.41) is 2.14. The SMILES string of the molecule is c1ccc2sc(Oc3ccc(OCCN4CCCCC4)cc3)cc2c1. The Labute approximate surface area is 152 Å². The minimum atomic E-state index is 0.747. The Bertz CT molecular complexity index is 773. The molecule has 0 bridgehead atoms. The van der Waals surface area contributed by atoms with E-state index in [2.05, 4.69) is 35.2 Å². The molecule has 25 heavy (non-hydrogen) atoms. The van der Waals surface area contributed by atoms with Crippen molar-refractivity contribution in [2.24, 2.45) is 0 Å². The quantitative estimate of drug-likeness (QED) is 0.579. The zero-order valence-corrected chi connectivity index (χ0v) is 15.1. The predicted molar refractivity (Wildman–Crippen MR) is 104 cm³/mol. The van der Waals surface area contributed by atoms with Gasteiger partial charge in [-0.15, -0.1) is 0 Å². The molecule has 4 heteroatoms. The lowest BCUT2D eigenvalue weighted by molar-refractivity contribution is 0.183. The highest BCUT2D eigenvalue weighted by Gasteiger charge is 2.09. The van der Waals surface area contributed by atoms with Gasteiger partial charge in [-0.05, 0) is 61.6 Å². The molecule has 0 spiro atoms. The Balaban J connectivity index is 1.30. The summed E-state index contributed by atoms with van der Waals surface area (Å²) in [5.74, 6) is 1.75. The van der Waals surface area contributed by atoms with Crippen LogP contribution in [-0.4, -0.2) is 31.1 Å². The Morgan fingerprint density at radius 3 is 2.44 bits per heavy atom. The van der Waals surface area contributed by atoms with Crippen molar-refractivity contribution >= 4 is 21.4 Å². The third-order valence-electron chi connectivity index (χ3n) is 4.57. The summed E-state index contributed by atoms with van der Waals surface area (Å²) in [6.07, 6.45) is 4.02. The van der Waals surface area contributed by atoms with Gasteiger partial charge in [0.15, 0.2) is 5.06 Å². The molecule has 0 radical (unpaired) electrons. The van der Waals surface area contributed by atoms with Gasteiger partial charge in [-0.2, -0.15) is 0 Å². The highest BCUT2D eigenvalue weighted by atomic mass is 32.1. The third-order valence-corrected chi connectivity index (χ3v) is 5.56. The maximum Gasteiger partial charge on any atom is 0.182 e. The largest absolute Gasteiger partial charge is 0.492 e. The van der Waals surface area contributed by atoms with E-state index in [1.54, 1.807) is 11.3 Å². The predicted octanol–water partition coefficient (Wildman–Crippen LogP) is 5.56. The van der Waals surface area contributed by atoms with Crippen molar-refractivity contribution < 1.29 is 9.47 Å². The topological polar surface area (TPSA) is 21.7 Å². The van der Waals surface area contributed by atoms with E-state index in [1.807, 2.05) is 24.3 Å². The van der Waals surface area contributed by atoms with Gasteiger partial charge in [0.05, 0.1) is 0 Å². The van der Waals surface area contributed by atoms with E-state index in [4.69, 9.17) is 9.47 Å². The average Bonchev–Trinajstić information content (AvgIpc) is 3.06. The molecule has 1 aliphatic heterocycles. The van der Waals surface area contributed by atoms with Crippen molar-refractivity contribution in [2.45, 2.75) is 19.3 Å². The van der Waals surface area contributed by atoms with Crippen LogP contribution in [0.5, 0.6) is 16.6 Å². The summed E-state index contributed by atoms with van der Waals surface area (Å²) in [6, 6.07) is 18.3. The molecule has 2 heterocycles. The van der Waals surface area contributed by atoms with Crippen LogP contribution in [0.1, 0.15) is 19.3 Å². The van der Waals surface area contributed by atoms with Crippen molar-refractivity contribution in [3.05, 3.63) is 54.6 Å². The molecule has 0 aliphatic carbocycles. The molecule has 4 rings (SSSR count). The number of benzene rings is 2. The number of piperidine rings is 1. The number of rotatable bonds is 6. The maximum absolute atomic E-state index is 5.97. The number of fused-ring (bicyclic) bond motifs is 1. The molecule has 3 aromatic rings. The fourth-order valence-electron chi connectivity index (χ4n) is 3.20. The van der Waals surface area contributed by atoms with E-state index >= 15 is 0 Å². The fourth-order valence-corrected chi connectivity index (χ4v) is 4.14. The third kappa shape index (κ3) is 4.33. The minimum absolute atomic E-state index is 0.747. The first kappa shape index (κ1) is 16.4. The van der Waals surface area contributed by atoms with Gasteiger partial charge >= 0.3 is 0 Å². The minimum Gasteiger partial charge on any atom is -0.492 e. The Morgan fingerprint density at radius 1 is 0.880 bits per heavy atom. The highest BCUT2D eigenvalue weighted by Crippen LogP contribution is 2.34. The molecule has 0 atom stereocenters. The first-order chi connectivity index (χ1) is 12.4. The fraction of sp³-hybridized carbons (Fsp3) is 0.333. The van der Waals surface area contributed by atoms with Gasteiger partial charge < -0.3 is 9.47 Å². The van der Waals surface area contributed by atoms with Gasteiger partial charge in [0, 0.05) is 17.3 Å². The molecule has 0 unspecified atom stereocenters. The van der Waals surface area contributed by atoms with Gasteiger partial charge in [0.25, 0.3) is 0 Å². The highest BCUT2D eigenvalue weighted by molar-refractivity contribution is 7.20. The molecule has 0 N–H and O–H groups in total. The standard InChI is InChI=1S/C21H23NO2S/c1-4-12-22(13-5-1)14-15-23-18-8-10-19(11-9-18)24-21-16-17-6-2-3-7-20(17)25-21/h2-3,6-11,16H,1,4-5,12-15H2. The molecule has 1 saturated heterocycles. The van der Waals surface area contributed by atoms with Gasteiger partial charge in [-0.25, -0.2) is 0 Å². The second-order valence-corrected chi connectivity index (χ2v) is 7.47. The monoisotopic (exact) mass is 353 g/mol. The van der Waals surface area contributed by atoms with Crippen LogP contribution in [0.2, 0.25) is 0 Å². The summed E-state index contributed by atoms with van der Waals surface area (Å²) < 4.78 is 13.1. The maximum atomic E-state index is 5.97. The van der Waals surface area contributed by atoms with Crippen LogP contribution < -0.4 is 9.47 Å². The Hall–Kier alpha value is -2.04. The summed E-state index contributed by atoms with van der Waals surface area (Å²) in [6.45, 7) is 4.19. The van der Waals surface area contributed by atoms with Crippen LogP contribution in [-0.2, 0) is 0 Å². The van der Waals surface area contributed by atoms with Crippen molar-refractivity contribution in [1.82, 2.24) is 4.90 Å². The first-order valence-electron chi connectivity index (χ1n) is 8.98. The zero-order valence-electron chi connectivity index (χ0n) is 14.3. The van der Waals surface area contributed by atoms with Gasteiger partial charge in [0.2, 0.25) is 0 Å². The molecule has 2 aromatic carbocycles. The van der Waals surface area contributed by atoms with Crippen molar-refractivity contribution in [1.29, 1.82) is 0 Å². The normalized spacial score (nSPS) is 15.4. The van der Waals surface area contributed by atoms with E-state index in [1.165, 1.54) is 42.4 Å². The summed E-state index contributed by atoms with van der Waals surface area (Å²) in [4.78, 5) is 2.49. The lowest BCUT2D eigenvalue weighted by Crippen LogP contribution is -2.33. The first-order valence-corrected chi connectivity index (χ1v) is 9.80. The van der Waals surface area contributed by atoms with Gasteiger partial charge in [0.1, 0.15) is 18.1 Å². The molecule has 1 aromatic heterocycles. The van der Waals surface area contributed by atoms with Crippen LogP contribution >= 0.6 is 11.3 Å². The van der Waals surface area contributed by atoms with Crippen LogP contribution in [0.15, 0.2) is 54.6 Å². The molecular weight excluding hydrogens is 330 g/mol. The van der Waals surface area contributed by atoms with E-state index < -0.39 is 0 Å². The van der Waals surface area contributed by atoms with E-state index in [0.717, 1.165) is 29.7 Å². The number of likely N-dealkylation sites (tertiary alicyclic amines) is 1. The number of thiophene rings is 1. The summed E-state index contributed by atoms with van der Waals surface area (Å²) in [7, 11) is 0. The van der Waals surface area contributed by atoms with Crippen LogP contribution in [0, 0.1) is 0 Å². The molecule has 1 aliphatic rings. The average molecular weight is 353 g/mol. The van der Waals surface area contributed by atoms with Crippen LogP contribution in [0.25, 0.3) is 10.1 Å². The Kier molecular flexibility index (Phi) is 5.19. The number of ether oxygens (including phenoxy) is 2. The molecule has 130 valence electrons. The van der Waals surface area contributed by atoms with Crippen LogP contribution in [0.4, 0.5) is 0 Å². The van der Waals surface area contributed by atoms with Gasteiger partial charge in [-0.1, -0.05) is 36.0 Å². The number of hydrogen-bond acceptors (Lipinski definition) is 4. The van der Waals surface area contributed by atoms with E-state index in [0.29, 0.717) is 0 Å². The second kappa shape index (κ2) is 7.89. The second-order valence-electron chi connectivity index (χ2n) is 6.43. The molecular formula is C21H23NO2S. The molecule has 3 nitrogen and oxygen atoms in total. The number of nitrogens with zero attached hydrogens (tertiary/aromatic N) is 1. The molecule has 0 amide bonds. The van der Waals surface area contributed by atoms with E-state index in [-0.39, 0.29) is 0 Å². The lowest BCUT2D eigenvalue weighted by Gasteiger charge is -2.26. The number of hydrogen-bond donors (Lipinski definition) is 0. The van der Waals surface area contributed by atoms with Crippen molar-refractivity contribution in [2.75, 3.05) is 26.2 Å². The summed E-state index contributed by atoms with van der Waals surface area (Å²) >= 11 is 1.67. The van der Waals surface area contributed by atoms with Gasteiger partial charge in [-0.3, -0.25) is 4.90 Å². The van der Waals surface area contributed by atoms with Crippen molar-refractivity contribution in [3.63, 3.8) is 0 Å². The molecule has 0 saturated carbocycles. The van der Waals surface area contributed by atoms with E-state index in [9.17, 15) is 0 Å². The smallest absolute Gasteiger partial charge is 0.182 e. The van der Waals surface area contributed by atoms with Crippen molar-refractivity contribution in [3.8, 4) is 16.6 Å².